The van der Waals surface area contributed by atoms with Gasteiger partial charge in [0.25, 0.3) is 0 Å². The summed E-state index contributed by atoms with van der Waals surface area (Å²) >= 11 is 0. The quantitative estimate of drug-likeness (QED) is 0.798. The lowest BCUT2D eigenvalue weighted by atomic mass is 9.94. The topological polar surface area (TPSA) is 60.0 Å². The van der Waals surface area contributed by atoms with Gasteiger partial charge in [0.2, 0.25) is 5.91 Å². The van der Waals surface area contributed by atoms with E-state index in [9.17, 15) is 4.79 Å². The molecule has 0 radical (unpaired) electrons. The predicted octanol–water partition coefficient (Wildman–Crippen LogP) is 0.960. The van der Waals surface area contributed by atoms with Gasteiger partial charge in [-0.2, -0.15) is 0 Å². The van der Waals surface area contributed by atoms with E-state index in [1.807, 2.05) is 0 Å². The average Bonchev–Trinajstić information content (AvgIpc) is 2.63. The highest BCUT2D eigenvalue weighted by Crippen LogP contribution is 2.28. The normalized spacial score (nSPS) is 19.2. The summed E-state index contributed by atoms with van der Waals surface area (Å²) in [5.41, 5.74) is 8.69. The molecule has 4 heteroatoms. The van der Waals surface area contributed by atoms with E-state index in [0.29, 0.717) is 6.54 Å². The molecule has 0 fully saturated rings. The van der Waals surface area contributed by atoms with E-state index in [-0.39, 0.29) is 11.9 Å². The maximum absolute atomic E-state index is 10.8. The first-order valence-corrected chi connectivity index (χ1v) is 5.86. The number of rotatable bonds is 3. The Hall–Kier alpha value is -1.29. The van der Waals surface area contributed by atoms with E-state index in [2.05, 4.69) is 22.1 Å². The van der Waals surface area contributed by atoms with Crippen molar-refractivity contribution in [3.8, 4) is 0 Å². The molecule has 0 aliphatic heterocycles. The third-order valence-electron chi connectivity index (χ3n) is 3.17. The van der Waals surface area contributed by atoms with Crippen molar-refractivity contribution in [2.45, 2.75) is 38.8 Å². The van der Waals surface area contributed by atoms with Crippen LogP contribution in [0.15, 0.2) is 12.3 Å². The smallest absolute Gasteiger partial charge is 0.216 e. The predicted molar refractivity (Wildman–Crippen MR) is 63.0 cm³/mol. The first-order chi connectivity index (χ1) is 7.68. The average molecular weight is 221 g/mol. The summed E-state index contributed by atoms with van der Waals surface area (Å²) in [5.74, 6) is 0.0257. The van der Waals surface area contributed by atoms with Crippen LogP contribution in [-0.2, 0) is 17.8 Å². The third-order valence-corrected chi connectivity index (χ3v) is 3.17. The highest BCUT2D eigenvalue weighted by molar-refractivity contribution is 5.72. The summed E-state index contributed by atoms with van der Waals surface area (Å²) in [6.45, 7) is 3.06. The molecule has 3 N–H and O–H groups in total. The van der Waals surface area contributed by atoms with Gasteiger partial charge in [-0.3, -0.25) is 4.79 Å². The summed E-state index contributed by atoms with van der Waals surface area (Å²) in [5, 5.41) is 2.81. The van der Waals surface area contributed by atoms with Crippen LogP contribution < -0.4 is 11.1 Å². The van der Waals surface area contributed by atoms with Crippen LogP contribution in [0.4, 0.5) is 0 Å². The molecule has 16 heavy (non-hydrogen) atoms. The standard InChI is InChI=1S/C12H19N3O/c1-9(16)14-6-8-15-7-5-10-11(13)3-2-4-12(10)15/h5,7,11H,2-4,6,8,13H2,1H3,(H,14,16). The minimum Gasteiger partial charge on any atom is -0.355 e. The molecule has 1 atom stereocenters. The van der Waals surface area contributed by atoms with Crippen molar-refractivity contribution < 1.29 is 4.79 Å². The number of nitrogens with one attached hydrogen (secondary N) is 1. The number of hydrogen-bond donors (Lipinski definition) is 2. The maximum Gasteiger partial charge on any atom is 0.216 e. The summed E-state index contributed by atoms with van der Waals surface area (Å²) in [4.78, 5) is 10.8. The first kappa shape index (κ1) is 11.2. The van der Waals surface area contributed by atoms with Crippen LogP contribution >= 0.6 is 0 Å². The molecule has 0 spiro atoms. The van der Waals surface area contributed by atoms with E-state index in [0.717, 1.165) is 25.8 Å². The molecule has 0 saturated carbocycles. The molecule has 1 unspecified atom stereocenters. The molecular formula is C12H19N3O. The zero-order valence-electron chi connectivity index (χ0n) is 9.70. The van der Waals surface area contributed by atoms with Crippen LogP contribution in [0.5, 0.6) is 0 Å². The molecule has 88 valence electrons. The molecule has 1 amide bonds. The van der Waals surface area contributed by atoms with Gasteiger partial charge < -0.3 is 15.6 Å². The number of fused-ring (bicyclic) bond motifs is 1. The van der Waals surface area contributed by atoms with Crippen molar-refractivity contribution in [2.24, 2.45) is 5.73 Å². The van der Waals surface area contributed by atoms with Gasteiger partial charge in [0.05, 0.1) is 0 Å². The Morgan fingerprint density at radius 2 is 2.50 bits per heavy atom. The van der Waals surface area contributed by atoms with Gasteiger partial charge in [-0.25, -0.2) is 0 Å². The second-order valence-corrected chi connectivity index (χ2v) is 4.39. The highest BCUT2D eigenvalue weighted by Gasteiger charge is 2.19. The van der Waals surface area contributed by atoms with Crippen LogP contribution in [0.3, 0.4) is 0 Å². The first-order valence-electron chi connectivity index (χ1n) is 5.86. The Labute approximate surface area is 95.8 Å². The Morgan fingerprint density at radius 1 is 1.69 bits per heavy atom. The minimum absolute atomic E-state index is 0.0257. The Morgan fingerprint density at radius 3 is 3.25 bits per heavy atom. The lowest BCUT2D eigenvalue weighted by molar-refractivity contribution is -0.118. The van der Waals surface area contributed by atoms with Gasteiger partial charge in [0.1, 0.15) is 0 Å². The van der Waals surface area contributed by atoms with Gasteiger partial charge in [-0.15, -0.1) is 0 Å². The fourth-order valence-electron chi connectivity index (χ4n) is 2.35. The van der Waals surface area contributed by atoms with Crippen molar-refractivity contribution >= 4 is 5.91 Å². The second-order valence-electron chi connectivity index (χ2n) is 4.39. The third kappa shape index (κ3) is 2.27. The Balaban J connectivity index is 2.02. The Kier molecular flexibility index (Phi) is 3.29. The van der Waals surface area contributed by atoms with E-state index >= 15 is 0 Å². The molecule has 4 nitrogen and oxygen atoms in total. The summed E-state index contributed by atoms with van der Waals surface area (Å²) in [6, 6.07) is 2.32. The van der Waals surface area contributed by atoms with Gasteiger partial charge in [0.15, 0.2) is 0 Å². The molecule has 1 aliphatic carbocycles. The van der Waals surface area contributed by atoms with Gasteiger partial charge in [-0.05, 0) is 30.9 Å². The van der Waals surface area contributed by atoms with E-state index < -0.39 is 0 Å². The van der Waals surface area contributed by atoms with E-state index in [4.69, 9.17) is 5.73 Å². The zero-order valence-corrected chi connectivity index (χ0v) is 9.70. The molecule has 1 aromatic rings. The van der Waals surface area contributed by atoms with Crippen molar-refractivity contribution in [3.63, 3.8) is 0 Å². The number of carbonyl (C=O) groups is 1. The summed E-state index contributed by atoms with van der Waals surface area (Å²) in [6.07, 6.45) is 5.44. The van der Waals surface area contributed by atoms with Crippen LogP contribution in [-0.4, -0.2) is 17.0 Å². The van der Waals surface area contributed by atoms with Crippen LogP contribution in [0.2, 0.25) is 0 Å². The van der Waals surface area contributed by atoms with Crippen LogP contribution in [0, 0.1) is 0 Å². The second kappa shape index (κ2) is 4.70. The molecule has 2 rings (SSSR count). The lowest BCUT2D eigenvalue weighted by Crippen LogP contribution is -2.25. The number of nitrogens with two attached hydrogens (primary N) is 1. The molecule has 1 aliphatic rings. The van der Waals surface area contributed by atoms with Crippen molar-refractivity contribution in [3.05, 3.63) is 23.5 Å². The molecule has 0 saturated heterocycles. The van der Waals surface area contributed by atoms with Crippen molar-refractivity contribution in [1.29, 1.82) is 0 Å². The fraction of sp³-hybridized carbons (Fsp3) is 0.583. The van der Waals surface area contributed by atoms with E-state index in [1.54, 1.807) is 6.92 Å². The number of hydrogen-bond acceptors (Lipinski definition) is 2. The monoisotopic (exact) mass is 221 g/mol. The number of amides is 1. The Bertz CT molecular complexity index is 384. The molecular weight excluding hydrogens is 202 g/mol. The van der Waals surface area contributed by atoms with Gasteiger partial charge in [-0.1, -0.05) is 0 Å². The van der Waals surface area contributed by atoms with E-state index in [1.165, 1.54) is 11.3 Å². The fourth-order valence-corrected chi connectivity index (χ4v) is 2.35. The molecule has 0 bridgehead atoms. The number of nitrogens with zero attached hydrogens (tertiary/aromatic N) is 1. The zero-order chi connectivity index (χ0) is 11.5. The minimum atomic E-state index is 0.0257. The molecule has 0 aromatic carbocycles. The summed E-state index contributed by atoms with van der Waals surface area (Å²) < 4.78 is 2.21. The van der Waals surface area contributed by atoms with Gasteiger partial charge >= 0.3 is 0 Å². The number of carbonyl (C=O) groups excluding carboxylic acids is 1. The molecule has 1 aromatic heterocycles. The summed E-state index contributed by atoms with van der Waals surface area (Å²) in [7, 11) is 0. The SMILES string of the molecule is CC(=O)NCCn1ccc2c1CCCC2N. The van der Waals surface area contributed by atoms with Crippen molar-refractivity contribution in [2.75, 3.05) is 6.54 Å². The molecule has 1 heterocycles. The number of aromatic nitrogens is 1. The van der Waals surface area contributed by atoms with Gasteiger partial charge in [0, 0.05) is 37.9 Å². The highest BCUT2D eigenvalue weighted by atomic mass is 16.1. The van der Waals surface area contributed by atoms with Crippen molar-refractivity contribution in [1.82, 2.24) is 9.88 Å². The van der Waals surface area contributed by atoms with Crippen LogP contribution in [0.25, 0.3) is 0 Å². The van der Waals surface area contributed by atoms with Crippen LogP contribution in [0.1, 0.15) is 37.1 Å². The maximum atomic E-state index is 10.8. The lowest BCUT2D eigenvalue weighted by Gasteiger charge is -2.21. The largest absolute Gasteiger partial charge is 0.355 e.